The second-order valence-corrected chi connectivity index (χ2v) is 4.85. The Morgan fingerprint density at radius 3 is 2.73 bits per heavy atom. The van der Waals surface area contributed by atoms with Crippen LogP contribution in [0.3, 0.4) is 0 Å². The SMILES string of the molecule is CS(=O)CCNC/C=C/c1ccccc1. The van der Waals surface area contributed by atoms with Crippen LogP contribution in [-0.2, 0) is 10.8 Å². The van der Waals surface area contributed by atoms with Crippen LogP contribution in [0.15, 0.2) is 36.4 Å². The van der Waals surface area contributed by atoms with E-state index in [0.29, 0.717) is 0 Å². The molecule has 0 aliphatic heterocycles. The van der Waals surface area contributed by atoms with Crippen molar-refractivity contribution in [2.75, 3.05) is 25.1 Å². The molecule has 1 aromatic rings. The number of hydrogen-bond donors (Lipinski definition) is 1. The van der Waals surface area contributed by atoms with Gasteiger partial charge in [0.05, 0.1) is 0 Å². The van der Waals surface area contributed by atoms with Crippen molar-refractivity contribution in [3.63, 3.8) is 0 Å². The lowest BCUT2D eigenvalue weighted by molar-refractivity contribution is 0.682. The Kier molecular flexibility index (Phi) is 5.97. The van der Waals surface area contributed by atoms with E-state index in [1.54, 1.807) is 6.26 Å². The summed E-state index contributed by atoms with van der Waals surface area (Å²) in [5, 5.41) is 3.21. The fourth-order valence-electron chi connectivity index (χ4n) is 1.16. The molecular formula is C12H17NOS. The first-order valence-corrected chi connectivity index (χ1v) is 6.74. The molecule has 1 aromatic carbocycles. The molecule has 0 fully saturated rings. The van der Waals surface area contributed by atoms with Crippen molar-refractivity contribution < 1.29 is 4.21 Å². The topological polar surface area (TPSA) is 29.1 Å². The Morgan fingerprint density at radius 2 is 2.07 bits per heavy atom. The summed E-state index contributed by atoms with van der Waals surface area (Å²) in [7, 11) is -0.694. The first kappa shape index (κ1) is 12.1. The summed E-state index contributed by atoms with van der Waals surface area (Å²) in [4.78, 5) is 0. The fourth-order valence-corrected chi connectivity index (χ4v) is 1.59. The van der Waals surface area contributed by atoms with Crippen LogP contribution >= 0.6 is 0 Å². The quantitative estimate of drug-likeness (QED) is 0.743. The molecule has 0 amide bonds. The Balaban J connectivity index is 2.15. The van der Waals surface area contributed by atoms with Crippen LogP contribution in [0.2, 0.25) is 0 Å². The van der Waals surface area contributed by atoms with Crippen LogP contribution in [-0.4, -0.2) is 29.3 Å². The molecule has 0 aromatic heterocycles. The molecule has 0 saturated carbocycles. The van der Waals surface area contributed by atoms with Crippen molar-refractivity contribution in [3.05, 3.63) is 42.0 Å². The van der Waals surface area contributed by atoms with Crippen LogP contribution < -0.4 is 5.32 Å². The van der Waals surface area contributed by atoms with Crippen molar-refractivity contribution in [1.29, 1.82) is 0 Å². The van der Waals surface area contributed by atoms with E-state index in [0.717, 1.165) is 18.8 Å². The van der Waals surface area contributed by atoms with Gasteiger partial charge in [-0.05, 0) is 5.56 Å². The third-order valence-electron chi connectivity index (χ3n) is 1.94. The highest BCUT2D eigenvalue weighted by Crippen LogP contribution is 1.99. The maximum absolute atomic E-state index is 10.8. The molecule has 1 N–H and O–H groups in total. The van der Waals surface area contributed by atoms with Crippen LogP contribution in [0.4, 0.5) is 0 Å². The van der Waals surface area contributed by atoms with Crippen LogP contribution in [0.25, 0.3) is 6.08 Å². The monoisotopic (exact) mass is 223 g/mol. The molecule has 0 aliphatic carbocycles. The molecular weight excluding hydrogens is 206 g/mol. The second kappa shape index (κ2) is 7.37. The zero-order chi connectivity index (χ0) is 10.9. The Bertz CT molecular complexity index is 322. The summed E-state index contributed by atoms with van der Waals surface area (Å²) in [5.41, 5.74) is 1.21. The maximum Gasteiger partial charge on any atom is 0.0357 e. The van der Waals surface area contributed by atoms with Crippen LogP contribution in [0.1, 0.15) is 5.56 Å². The van der Waals surface area contributed by atoms with Gasteiger partial charge in [-0.2, -0.15) is 0 Å². The van der Waals surface area contributed by atoms with Gasteiger partial charge in [0, 0.05) is 35.9 Å². The van der Waals surface area contributed by atoms with E-state index in [2.05, 4.69) is 29.6 Å². The first-order chi connectivity index (χ1) is 7.29. The summed E-state index contributed by atoms with van der Waals surface area (Å²) < 4.78 is 10.8. The highest BCUT2D eigenvalue weighted by molar-refractivity contribution is 7.84. The van der Waals surface area contributed by atoms with Gasteiger partial charge in [-0.15, -0.1) is 0 Å². The van der Waals surface area contributed by atoms with Crippen molar-refractivity contribution >= 4 is 16.9 Å². The summed E-state index contributed by atoms with van der Waals surface area (Å²) >= 11 is 0. The largest absolute Gasteiger partial charge is 0.312 e. The molecule has 0 radical (unpaired) electrons. The average Bonchev–Trinajstić information content (AvgIpc) is 2.24. The van der Waals surface area contributed by atoms with Gasteiger partial charge >= 0.3 is 0 Å². The van der Waals surface area contributed by atoms with Crippen molar-refractivity contribution in [1.82, 2.24) is 5.32 Å². The fraction of sp³-hybridized carbons (Fsp3) is 0.333. The molecule has 15 heavy (non-hydrogen) atoms. The molecule has 1 atom stereocenters. The van der Waals surface area contributed by atoms with Crippen LogP contribution in [0.5, 0.6) is 0 Å². The van der Waals surface area contributed by atoms with Crippen molar-refractivity contribution in [3.8, 4) is 0 Å². The lowest BCUT2D eigenvalue weighted by Crippen LogP contribution is -2.19. The lowest BCUT2D eigenvalue weighted by atomic mass is 10.2. The zero-order valence-electron chi connectivity index (χ0n) is 8.98. The van der Waals surface area contributed by atoms with Gasteiger partial charge in [-0.1, -0.05) is 42.5 Å². The van der Waals surface area contributed by atoms with Gasteiger partial charge in [0.15, 0.2) is 0 Å². The Morgan fingerprint density at radius 1 is 1.33 bits per heavy atom. The zero-order valence-corrected chi connectivity index (χ0v) is 9.80. The van der Waals surface area contributed by atoms with E-state index in [1.807, 2.05) is 18.2 Å². The number of benzene rings is 1. The van der Waals surface area contributed by atoms with Crippen molar-refractivity contribution in [2.45, 2.75) is 0 Å². The molecule has 82 valence electrons. The number of nitrogens with one attached hydrogen (secondary N) is 1. The van der Waals surface area contributed by atoms with Gasteiger partial charge in [0.25, 0.3) is 0 Å². The van der Waals surface area contributed by atoms with Crippen molar-refractivity contribution in [2.24, 2.45) is 0 Å². The average molecular weight is 223 g/mol. The minimum atomic E-state index is -0.694. The van der Waals surface area contributed by atoms with Gasteiger partial charge in [-0.25, -0.2) is 0 Å². The summed E-state index contributed by atoms with van der Waals surface area (Å²) in [5.74, 6) is 0.721. The van der Waals surface area contributed by atoms with Gasteiger partial charge in [0.2, 0.25) is 0 Å². The van der Waals surface area contributed by atoms with Gasteiger partial charge in [-0.3, -0.25) is 4.21 Å². The molecule has 0 bridgehead atoms. The number of hydrogen-bond acceptors (Lipinski definition) is 2. The molecule has 0 saturated heterocycles. The van der Waals surface area contributed by atoms with Gasteiger partial charge < -0.3 is 5.32 Å². The Hall–Kier alpha value is -0.930. The maximum atomic E-state index is 10.8. The molecule has 1 unspecified atom stereocenters. The highest BCUT2D eigenvalue weighted by atomic mass is 32.2. The van der Waals surface area contributed by atoms with E-state index in [1.165, 1.54) is 5.56 Å². The summed E-state index contributed by atoms with van der Waals surface area (Å²) in [6, 6.07) is 10.2. The third-order valence-corrected chi connectivity index (χ3v) is 2.72. The van der Waals surface area contributed by atoms with E-state index in [4.69, 9.17) is 0 Å². The van der Waals surface area contributed by atoms with E-state index >= 15 is 0 Å². The highest BCUT2D eigenvalue weighted by Gasteiger charge is 1.88. The molecule has 0 aliphatic rings. The minimum absolute atomic E-state index is 0.694. The normalized spacial score (nSPS) is 13.1. The Labute approximate surface area is 93.9 Å². The third kappa shape index (κ3) is 6.20. The summed E-state index contributed by atoms with van der Waals surface area (Å²) in [6.45, 7) is 1.63. The second-order valence-electron chi connectivity index (χ2n) is 3.29. The first-order valence-electron chi connectivity index (χ1n) is 5.01. The molecule has 1 rings (SSSR count). The van der Waals surface area contributed by atoms with Crippen LogP contribution in [0, 0.1) is 0 Å². The molecule has 2 nitrogen and oxygen atoms in total. The van der Waals surface area contributed by atoms with E-state index in [-0.39, 0.29) is 0 Å². The van der Waals surface area contributed by atoms with E-state index in [9.17, 15) is 4.21 Å². The standard InChI is InChI=1S/C12H17NOS/c1-15(14)11-10-13-9-5-8-12-6-3-2-4-7-12/h2-8,13H,9-11H2,1H3/b8-5+. The van der Waals surface area contributed by atoms with E-state index < -0.39 is 10.8 Å². The molecule has 0 spiro atoms. The predicted molar refractivity (Wildman–Crippen MR) is 67.3 cm³/mol. The smallest absolute Gasteiger partial charge is 0.0357 e. The van der Waals surface area contributed by atoms with Gasteiger partial charge in [0.1, 0.15) is 0 Å². The molecule has 0 heterocycles. The summed E-state index contributed by atoms with van der Waals surface area (Å²) in [6.07, 6.45) is 5.88. The minimum Gasteiger partial charge on any atom is -0.312 e. The molecule has 3 heteroatoms. The predicted octanol–water partition coefficient (Wildman–Crippen LogP) is 1.67. The number of rotatable bonds is 6. The lowest BCUT2D eigenvalue weighted by Gasteiger charge is -1.98.